The number of aromatic nitrogens is 2. The Kier molecular flexibility index (Phi) is 4.03. The number of halogens is 1. The minimum atomic E-state index is -0.780. The highest BCUT2D eigenvalue weighted by Gasteiger charge is 2.15. The number of nitrogen functional groups attached to an aromatic ring is 1. The van der Waals surface area contributed by atoms with Gasteiger partial charge in [-0.25, -0.2) is 20.2 Å². The lowest BCUT2D eigenvalue weighted by Crippen LogP contribution is -2.24. The van der Waals surface area contributed by atoms with E-state index in [9.17, 15) is 9.18 Å². The van der Waals surface area contributed by atoms with Gasteiger partial charge in [0.25, 0.3) is 5.91 Å². The van der Waals surface area contributed by atoms with E-state index >= 15 is 0 Å². The van der Waals surface area contributed by atoms with Gasteiger partial charge < -0.3 is 10.7 Å². The zero-order valence-electron chi connectivity index (χ0n) is 10.1. The molecule has 19 heavy (non-hydrogen) atoms. The standard InChI is InChI=1S/C11H12FN5OS/c1-6-4-15-8(19-6)5-16-11(18)7-2-3-14-10(17-13)9(7)12/h2-4H,5,13H2,1H3,(H,14,17)(H,16,18). The van der Waals surface area contributed by atoms with Crippen molar-refractivity contribution < 1.29 is 9.18 Å². The third-order valence-electron chi connectivity index (χ3n) is 2.34. The Hall–Kier alpha value is -2.06. The van der Waals surface area contributed by atoms with Gasteiger partial charge in [-0.15, -0.1) is 11.3 Å². The molecule has 0 saturated carbocycles. The van der Waals surface area contributed by atoms with Crippen LogP contribution in [-0.2, 0) is 6.54 Å². The monoisotopic (exact) mass is 281 g/mol. The van der Waals surface area contributed by atoms with Crippen molar-refractivity contribution in [2.45, 2.75) is 13.5 Å². The van der Waals surface area contributed by atoms with E-state index in [1.54, 1.807) is 6.20 Å². The summed E-state index contributed by atoms with van der Waals surface area (Å²) in [5.41, 5.74) is 1.98. The predicted octanol–water partition coefficient (Wildman–Crippen LogP) is 1.20. The first-order valence-corrected chi connectivity index (χ1v) is 6.24. The number of hydrogen-bond acceptors (Lipinski definition) is 6. The first kappa shape index (κ1) is 13.4. The number of anilines is 1. The summed E-state index contributed by atoms with van der Waals surface area (Å²) < 4.78 is 13.8. The van der Waals surface area contributed by atoms with Crippen molar-refractivity contribution in [3.63, 3.8) is 0 Å². The summed E-state index contributed by atoms with van der Waals surface area (Å²) in [6, 6.07) is 1.29. The quantitative estimate of drug-likeness (QED) is 0.578. The second-order valence-corrected chi connectivity index (χ2v) is 5.03. The van der Waals surface area contributed by atoms with Gasteiger partial charge in [-0.05, 0) is 13.0 Å². The summed E-state index contributed by atoms with van der Waals surface area (Å²) in [6.45, 7) is 2.18. The Morgan fingerprint density at radius 2 is 2.32 bits per heavy atom. The van der Waals surface area contributed by atoms with Gasteiger partial charge in [0.15, 0.2) is 11.6 Å². The SMILES string of the molecule is Cc1cnc(CNC(=O)c2ccnc(NN)c2F)s1. The van der Waals surface area contributed by atoms with Gasteiger partial charge in [0.1, 0.15) is 5.01 Å². The molecule has 0 atom stereocenters. The zero-order valence-corrected chi connectivity index (χ0v) is 10.9. The van der Waals surface area contributed by atoms with E-state index in [-0.39, 0.29) is 17.9 Å². The number of rotatable bonds is 4. The number of hydrogen-bond donors (Lipinski definition) is 3. The highest BCUT2D eigenvalue weighted by molar-refractivity contribution is 7.11. The molecule has 0 unspecified atom stereocenters. The van der Waals surface area contributed by atoms with Crippen molar-refractivity contribution in [3.8, 4) is 0 Å². The molecule has 8 heteroatoms. The van der Waals surface area contributed by atoms with Crippen molar-refractivity contribution in [1.82, 2.24) is 15.3 Å². The zero-order chi connectivity index (χ0) is 13.8. The number of nitrogens with zero attached hydrogens (tertiary/aromatic N) is 2. The van der Waals surface area contributed by atoms with Crippen LogP contribution in [-0.4, -0.2) is 15.9 Å². The molecule has 0 bridgehead atoms. The van der Waals surface area contributed by atoms with Crippen molar-refractivity contribution in [2.24, 2.45) is 5.84 Å². The van der Waals surface area contributed by atoms with Crippen LogP contribution in [0, 0.1) is 12.7 Å². The Bertz CT molecular complexity index is 601. The number of aryl methyl sites for hydroxylation is 1. The van der Waals surface area contributed by atoms with E-state index in [4.69, 9.17) is 5.84 Å². The molecule has 0 spiro atoms. The molecule has 2 aromatic rings. The molecular formula is C11H12FN5OS. The van der Waals surface area contributed by atoms with Crippen LogP contribution in [0.2, 0.25) is 0 Å². The van der Waals surface area contributed by atoms with E-state index < -0.39 is 11.7 Å². The summed E-state index contributed by atoms with van der Waals surface area (Å²) in [5, 5.41) is 3.35. The molecule has 100 valence electrons. The van der Waals surface area contributed by atoms with E-state index in [0.717, 1.165) is 9.88 Å². The number of carbonyl (C=O) groups is 1. The minimum Gasteiger partial charge on any atom is -0.345 e. The summed E-state index contributed by atoms with van der Waals surface area (Å²) in [7, 11) is 0. The van der Waals surface area contributed by atoms with Gasteiger partial charge in [0, 0.05) is 17.3 Å². The van der Waals surface area contributed by atoms with E-state index in [0.29, 0.717) is 0 Å². The average Bonchev–Trinajstić information content (AvgIpc) is 2.82. The predicted molar refractivity (Wildman–Crippen MR) is 70.0 cm³/mol. The van der Waals surface area contributed by atoms with Gasteiger partial charge >= 0.3 is 0 Å². The molecule has 1 amide bonds. The van der Waals surface area contributed by atoms with Gasteiger partial charge in [-0.1, -0.05) is 0 Å². The maximum atomic E-state index is 13.8. The number of thiazole rings is 1. The molecule has 4 N–H and O–H groups in total. The number of nitrogens with two attached hydrogens (primary N) is 1. The lowest BCUT2D eigenvalue weighted by Gasteiger charge is -2.06. The van der Waals surface area contributed by atoms with Crippen LogP contribution in [0.25, 0.3) is 0 Å². The van der Waals surface area contributed by atoms with Gasteiger partial charge in [-0.2, -0.15) is 0 Å². The van der Waals surface area contributed by atoms with Crippen LogP contribution in [0.15, 0.2) is 18.5 Å². The van der Waals surface area contributed by atoms with Crippen molar-refractivity contribution in [1.29, 1.82) is 0 Å². The van der Waals surface area contributed by atoms with Crippen LogP contribution in [0.4, 0.5) is 10.2 Å². The molecule has 0 saturated heterocycles. The largest absolute Gasteiger partial charge is 0.345 e. The number of pyridine rings is 1. The molecule has 0 fully saturated rings. The molecule has 0 aromatic carbocycles. The summed E-state index contributed by atoms with van der Waals surface area (Å²) in [5.74, 6) is 3.61. The van der Waals surface area contributed by atoms with Gasteiger partial charge in [0.2, 0.25) is 0 Å². The lowest BCUT2D eigenvalue weighted by molar-refractivity contribution is 0.0947. The fourth-order valence-corrected chi connectivity index (χ4v) is 2.18. The van der Waals surface area contributed by atoms with E-state index in [1.807, 2.05) is 6.92 Å². The Balaban J connectivity index is 2.08. The fourth-order valence-electron chi connectivity index (χ4n) is 1.45. The Morgan fingerprint density at radius 3 is 2.95 bits per heavy atom. The fraction of sp³-hybridized carbons (Fsp3) is 0.182. The first-order valence-electron chi connectivity index (χ1n) is 5.42. The van der Waals surface area contributed by atoms with Crippen LogP contribution in [0.3, 0.4) is 0 Å². The molecular weight excluding hydrogens is 269 g/mol. The van der Waals surface area contributed by atoms with Crippen molar-refractivity contribution in [2.75, 3.05) is 5.43 Å². The highest BCUT2D eigenvalue weighted by atomic mass is 32.1. The molecule has 0 aliphatic heterocycles. The van der Waals surface area contributed by atoms with Crippen molar-refractivity contribution >= 4 is 23.1 Å². The lowest BCUT2D eigenvalue weighted by atomic mass is 10.2. The molecule has 0 aliphatic carbocycles. The van der Waals surface area contributed by atoms with Crippen LogP contribution in [0.5, 0.6) is 0 Å². The summed E-state index contributed by atoms with van der Waals surface area (Å²) in [6.07, 6.45) is 3.02. The molecule has 0 aliphatic rings. The summed E-state index contributed by atoms with van der Waals surface area (Å²) >= 11 is 1.47. The average molecular weight is 281 g/mol. The first-order chi connectivity index (χ1) is 9.11. The number of hydrazine groups is 1. The molecule has 2 aromatic heterocycles. The minimum absolute atomic E-state index is 0.115. The molecule has 2 rings (SSSR count). The molecule has 2 heterocycles. The molecule has 6 nitrogen and oxygen atoms in total. The maximum absolute atomic E-state index is 13.8. The van der Waals surface area contributed by atoms with Gasteiger partial charge in [-0.3, -0.25) is 4.79 Å². The summed E-state index contributed by atoms with van der Waals surface area (Å²) in [4.78, 5) is 20.7. The highest BCUT2D eigenvalue weighted by Crippen LogP contribution is 2.15. The topological polar surface area (TPSA) is 92.9 Å². The molecule has 0 radical (unpaired) electrons. The second-order valence-electron chi connectivity index (χ2n) is 3.71. The Labute approximate surface area is 112 Å². The van der Waals surface area contributed by atoms with Crippen molar-refractivity contribution in [3.05, 3.63) is 39.7 Å². The number of nitrogens with one attached hydrogen (secondary N) is 2. The van der Waals surface area contributed by atoms with Crippen LogP contribution >= 0.6 is 11.3 Å². The number of amides is 1. The third kappa shape index (κ3) is 3.04. The van der Waals surface area contributed by atoms with E-state index in [1.165, 1.54) is 23.6 Å². The van der Waals surface area contributed by atoms with E-state index in [2.05, 4.69) is 20.7 Å². The van der Waals surface area contributed by atoms with Crippen LogP contribution < -0.4 is 16.6 Å². The van der Waals surface area contributed by atoms with Crippen LogP contribution in [0.1, 0.15) is 20.2 Å². The number of carbonyl (C=O) groups excluding carboxylic acids is 1. The normalized spacial score (nSPS) is 10.3. The Morgan fingerprint density at radius 1 is 1.53 bits per heavy atom. The second kappa shape index (κ2) is 5.72. The van der Waals surface area contributed by atoms with Gasteiger partial charge in [0.05, 0.1) is 12.1 Å². The third-order valence-corrected chi connectivity index (χ3v) is 3.25. The maximum Gasteiger partial charge on any atom is 0.254 e. The smallest absolute Gasteiger partial charge is 0.254 e.